The molecular weight excluding hydrogens is 361 g/mol. The van der Waals surface area contributed by atoms with Crippen LogP contribution >= 0.6 is 12.2 Å². The van der Waals surface area contributed by atoms with Crippen molar-refractivity contribution < 1.29 is 9.13 Å². The van der Waals surface area contributed by atoms with E-state index in [1.807, 2.05) is 42.5 Å². The summed E-state index contributed by atoms with van der Waals surface area (Å²) < 4.78 is 20.9. The molecule has 2 aromatic carbocycles. The van der Waals surface area contributed by atoms with E-state index < -0.39 is 0 Å². The second-order valence-electron chi connectivity index (χ2n) is 6.43. The number of nitrogens with one attached hydrogen (secondary N) is 1. The zero-order chi connectivity index (χ0) is 18.8. The van der Waals surface area contributed by atoms with E-state index in [-0.39, 0.29) is 11.9 Å². The highest BCUT2D eigenvalue weighted by Gasteiger charge is 2.30. The smallest absolute Gasteiger partial charge is 0.174 e. The van der Waals surface area contributed by atoms with Gasteiger partial charge in [-0.2, -0.15) is 0 Å². The first kappa shape index (κ1) is 17.5. The van der Waals surface area contributed by atoms with Crippen LogP contribution in [0.15, 0.2) is 66.9 Å². The van der Waals surface area contributed by atoms with Crippen LogP contribution in [0.4, 0.5) is 10.1 Å². The number of aromatic nitrogens is 1. The maximum atomic E-state index is 13.4. The molecule has 6 heteroatoms. The predicted molar refractivity (Wildman–Crippen MR) is 109 cm³/mol. The van der Waals surface area contributed by atoms with Crippen molar-refractivity contribution in [2.45, 2.75) is 12.6 Å². The van der Waals surface area contributed by atoms with Gasteiger partial charge < -0.3 is 19.5 Å². The van der Waals surface area contributed by atoms with Gasteiger partial charge in [0, 0.05) is 30.7 Å². The molecule has 2 heterocycles. The Kier molecular flexibility index (Phi) is 4.81. The zero-order valence-corrected chi connectivity index (χ0v) is 15.7. The SMILES string of the molecule is COc1ccc(NC(=S)N2CCn3cccc3[C@H]2c2ccc(F)cc2)cc1. The van der Waals surface area contributed by atoms with Crippen molar-refractivity contribution in [1.82, 2.24) is 9.47 Å². The maximum absolute atomic E-state index is 13.4. The number of methoxy groups -OCH3 is 1. The van der Waals surface area contributed by atoms with Gasteiger partial charge in [-0.1, -0.05) is 12.1 Å². The third-order valence-electron chi connectivity index (χ3n) is 4.83. The molecule has 0 fully saturated rings. The maximum Gasteiger partial charge on any atom is 0.174 e. The van der Waals surface area contributed by atoms with Gasteiger partial charge in [0.1, 0.15) is 11.6 Å². The number of hydrogen-bond acceptors (Lipinski definition) is 2. The number of thiocarbonyl (C=S) groups is 1. The van der Waals surface area contributed by atoms with Crippen molar-refractivity contribution in [2.75, 3.05) is 19.0 Å². The van der Waals surface area contributed by atoms with E-state index in [1.54, 1.807) is 7.11 Å². The molecule has 3 aromatic rings. The quantitative estimate of drug-likeness (QED) is 0.680. The zero-order valence-electron chi connectivity index (χ0n) is 14.9. The van der Waals surface area contributed by atoms with E-state index in [2.05, 4.69) is 27.0 Å². The summed E-state index contributed by atoms with van der Waals surface area (Å²) in [5, 5.41) is 3.96. The average molecular weight is 381 g/mol. The Balaban J connectivity index is 1.63. The van der Waals surface area contributed by atoms with Crippen LogP contribution in [0.25, 0.3) is 0 Å². The fourth-order valence-electron chi connectivity index (χ4n) is 3.47. The topological polar surface area (TPSA) is 29.4 Å². The van der Waals surface area contributed by atoms with Crippen LogP contribution in [0, 0.1) is 5.82 Å². The van der Waals surface area contributed by atoms with E-state index in [1.165, 1.54) is 12.1 Å². The Hall–Kier alpha value is -2.86. The lowest BCUT2D eigenvalue weighted by atomic mass is 10.0. The summed E-state index contributed by atoms with van der Waals surface area (Å²) in [4.78, 5) is 2.15. The molecule has 1 aromatic heterocycles. The Morgan fingerprint density at radius 1 is 1.07 bits per heavy atom. The second kappa shape index (κ2) is 7.40. The first-order valence-corrected chi connectivity index (χ1v) is 9.19. The summed E-state index contributed by atoms with van der Waals surface area (Å²) in [5.74, 6) is 0.557. The van der Waals surface area contributed by atoms with Gasteiger partial charge in [-0.15, -0.1) is 0 Å². The second-order valence-corrected chi connectivity index (χ2v) is 6.82. The third-order valence-corrected chi connectivity index (χ3v) is 5.16. The molecule has 1 atom stereocenters. The number of benzene rings is 2. The lowest BCUT2D eigenvalue weighted by molar-refractivity contribution is 0.293. The van der Waals surface area contributed by atoms with E-state index >= 15 is 0 Å². The molecule has 0 radical (unpaired) electrons. The van der Waals surface area contributed by atoms with Crippen molar-refractivity contribution in [2.24, 2.45) is 0 Å². The van der Waals surface area contributed by atoms with Gasteiger partial charge in [0.05, 0.1) is 13.2 Å². The van der Waals surface area contributed by atoms with Gasteiger partial charge in [-0.3, -0.25) is 0 Å². The number of ether oxygens (including phenoxy) is 1. The molecule has 4 rings (SSSR count). The largest absolute Gasteiger partial charge is 0.497 e. The fraction of sp³-hybridized carbons (Fsp3) is 0.190. The van der Waals surface area contributed by atoms with Crippen molar-refractivity contribution in [3.05, 3.63) is 83.9 Å². The molecule has 0 saturated carbocycles. The molecule has 1 aliphatic heterocycles. The lowest BCUT2D eigenvalue weighted by Crippen LogP contribution is -2.44. The Labute approximate surface area is 163 Å². The molecule has 0 unspecified atom stereocenters. The Bertz CT molecular complexity index is 937. The summed E-state index contributed by atoms with van der Waals surface area (Å²) >= 11 is 5.72. The van der Waals surface area contributed by atoms with Crippen LogP contribution < -0.4 is 10.1 Å². The molecule has 0 spiro atoms. The van der Waals surface area contributed by atoms with Crippen LogP contribution in [-0.4, -0.2) is 28.2 Å². The summed E-state index contributed by atoms with van der Waals surface area (Å²) in [6.45, 7) is 1.62. The summed E-state index contributed by atoms with van der Waals surface area (Å²) in [5.41, 5.74) is 3.06. The third kappa shape index (κ3) is 3.53. The first-order valence-electron chi connectivity index (χ1n) is 8.78. The van der Waals surface area contributed by atoms with Gasteiger partial charge >= 0.3 is 0 Å². The van der Waals surface area contributed by atoms with E-state index in [9.17, 15) is 4.39 Å². The summed E-state index contributed by atoms with van der Waals surface area (Å²) in [7, 11) is 1.64. The monoisotopic (exact) mass is 381 g/mol. The minimum atomic E-state index is -0.240. The predicted octanol–water partition coefficient (Wildman–Crippen LogP) is 4.44. The normalized spacial score (nSPS) is 15.9. The minimum absolute atomic E-state index is 0.0624. The Morgan fingerprint density at radius 3 is 2.52 bits per heavy atom. The lowest BCUT2D eigenvalue weighted by Gasteiger charge is -2.39. The number of fused-ring (bicyclic) bond motifs is 1. The van der Waals surface area contributed by atoms with Crippen molar-refractivity contribution >= 4 is 23.0 Å². The number of nitrogens with zero attached hydrogens (tertiary/aromatic N) is 2. The molecule has 0 aliphatic carbocycles. The molecule has 0 saturated heterocycles. The molecule has 0 bridgehead atoms. The first-order chi connectivity index (χ1) is 13.2. The number of halogens is 1. The molecule has 138 valence electrons. The summed E-state index contributed by atoms with van der Waals surface area (Å²) in [6.07, 6.45) is 2.07. The van der Waals surface area contributed by atoms with Crippen molar-refractivity contribution in [3.8, 4) is 5.75 Å². The van der Waals surface area contributed by atoms with E-state index in [0.717, 1.165) is 35.8 Å². The molecule has 1 aliphatic rings. The van der Waals surface area contributed by atoms with E-state index in [4.69, 9.17) is 17.0 Å². The van der Waals surface area contributed by atoms with Crippen LogP contribution in [-0.2, 0) is 6.54 Å². The number of hydrogen-bond donors (Lipinski definition) is 1. The van der Waals surface area contributed by atoms with Gasteiger partial charge in [0.25, 0.3) is 0 Å². The van der Waals surface area contributed by atoms with Gasteiger partial charge in [-0.05, 0) is 66.3 Å². The molecule has 4 nitrogen and oxygen atoms in total. The van der Waals surface area contributed by atoms with Gasteiger partial charge in [0.15, 0.2) is 5.11 Å². The van der Waals surface area contributed by atoms with Gasteiger partial charge in [-0.25, -0.2) is 4.39 Å². The number of anilines is 1. The van der Waals surface area contributed by atoms with Gasteiger partial charge in [0.2, 0.25) is 0 Å². The average Bonchev–Trinajstić information content (AvgIpc) is 3.17. The van der Waals surface area contributed by atoms with E-state index in [0.29, 0.717) is 5.11 Å². The van der Waals surface area contributed by atoms with Crippen LogP contribution in [0.1, 0.15) is 17.3 Å². The van der Waals surface area contributed by atoms with Crippen LogP contribution in [0.5, 0.6) is 5.75 Å². The molecule has 27 heavy (non-hydrogen) atoms. The number of rotatable bonds is 3. The highest BCUT2D eigenvalue weighted by Crippen LogP contribution is 2.33. The molecular formula is C21H20FN3OS. The standard InChI is InChI=1S/C21H20FN3OS/c1-26-18-10-8-17(9-11-18)23-21(27)25-14-13-24-12-2-3-19(24)20(25)15-4-6-16(22)7-5-15/h2-12,20H,13-14H2,1H3,(H,23,27)/t20-/m1/s1. The summed E-state index contributed by atoms with van der Waals surface area (Å²) in [6, 6.07) is 18.4. The van der Waals surface area contributed by atoms with Crippen molar-refractivity contribution in [3.63, 3.8) is 0 Å². The van der Waals surface area contributed by atoms with Crippen LogP contribution in [0.2, 0.25) is 0 Å². The fourth-order valence-corrected chi connectivity index (χ4v) is 3.78. The highest BCUT2D eigenvalue weighted by atomic mass is 32.1. The molecule has 0 amide bonds. The highest BCUT2D eigenvalue weighted by molar-refractivity contribution is 7.80. The molecule has 1 N–H and O–H groups in total. The minimum Gasteiger partial charge on any atom is -0.497 e. The van der Waals surface area contributed by atoms with Crippen LogP contribution in [0.3, 0.4) is 0 Å². The Morgan fingerprint density at radius 2 is 1.81 bits per heavy atom. The van der Waals surface area contributed by atoms with Crippen molar-refractivity contribution in [1.29, 1.82) is 0 Å².